The molecule has 0 aliphatic heterocycles. The van der Waals surface area contributed by atoms with Crippen molar-refractivity contribution in [3.05, 3.63) is 92.9 Å². The van der Waals surface area contributed by atoms with Crippen molar-refractivity contribution in [3.63, 3.8) is 0 Å². The summed E-state index contributed by atoms with van der Waals surface area (Å²) in [4.78, 5) is 28.3. The van der Waals surface area contributed by atoms with Gasteiger partial charge in [-0.15, -0.1) is 0 Å². The number of hydrogen-bond donors (Lipinski definition) is 1. The first-order chi connectivity index (χ1) is 18.9. The number of nitrogens with one attached hydrogen (secondary N) is 1. The molecule has 0 bridgehead atoms. The number of aryl methyl sites for hydroxylation is 1. The van der Waals surface area contributed by atoms with E-state index in [2.05, 4.69) is 5.32 Å². The quantitative estimate of drug-likeness (QED) is 0.234. The van der Waals surface area contributed by atoms with Gasteiger partial charge in [-0.25, -0.2) is 8.42 Å². The van der Waals surface area contributed by atoms with E-state index in [-0.39, 0.29) is 23.0 Å². The molecule has 0 heterocycles. The van der Waals surface area contributed by atoms with Gasteiger partial charge in [-0.1, -0.05) is 71.9 Å². The molecule has 0 fully saturated rings. The second kappa shape index (κ2) is 14.2. The molecule has 0 aliphatic rings. The highest BCUT2D eigenvalue weighted by Crippen LogP contribution is 2.27. The highest BCUT2D eigenvalue weighted by Gasteiger charge is 2.32. The van der Waals surface area contributed by atoms with Crippen molar-refractivity contribution < 1.29 is 18.0 Å². The number of rotatable bonds is 12. The third kappa shape index (κ3) is 8.13. The molecular weight excluding hydrogens is 593 g/mol. The van der Waals surface area contributed by atoms with Crippen molar-refractivity contribution in [2.24, 2.45) is 0 Å². The third-order valence-corrected chi connectivity index (χ3v) is 9.12. The monoisotopic (exact) mass is 623 g/mol. The number of anilines is 1. The van der Waals surface area contributed by atoms with Crippen LogP contribution in [0.1, 0.15) is 37.8 Å². The Morgan fingerprint density at radius 3 is 2.17 bits per heavy atom. The number of nitrogens with zero attached hydrogens (tertiary/aromatic N) is 2. The fraction of sp³-hybridized carbons (Fsp3) is 0.310. The summed E-state index contributed by atoms with van der Waals surface area (Å²) in [6.07, 6.45) is 1.69. The molecule has 2 amide bonds. The maximum Gasteiger partial charge on any atom is 0.264 e. The Kier molecular flexibility index (Phi) is 11.3. The van der Waals surface area contributed by atoms with E-state index in [4.69, 9.17) is 34.8 Å². The molecule has 0 aromatic heterocycles. The summed E-state index contributed by atoms with van der Waals surface area (Å²) in [5, 5.41) is 3.92. The van der Waals surface area contributed by atoms with E-state index >= 15 is 0 Å². The number of unbranched alkanes of at least 4 members (excludes halogenated alkanes) is 1. The number of carbonyl (C=O) groups excluding carboxylic acids is 2. The van der Waals surface area contributed by atoms with Gasteiger partial charge in [0.25, 0.3) is 10.0 Å². The Bertz CT molecular complexity index is 1430. The van der Waals surface area contributed by atoms with Gasteiger partial charge in [0, 0.05) is 18.1 Å². The van der Waals surface area contributed by atoms with Crippen molar-refractivity contribution in [1.29, 1.82) is 0 Å². The van der Waals surface area contributed by atoms with Crippen LogP contribution in [-0.2, 0) is 26.2 Å². The molecule has 1 atom stereocenters. The largest absolute Gasteiger partial charge is 0.354 e. The van der Waals surface area contributed by atoms with E-state index in [9.17, 15) is 18.0 Å². The van der Waals surface area contributed by atoms with Gasteiger partial charge in [-0.2, -0.15) is 0 Å². The van der Waals surface area contributed by atoms with Gasteiger partial charge in [0.15, 0.2) is 0 Å². The molecule has 0 saturated carbocycles. The van der Waals surface area contributed by atoms with Crippen LogP contribution in [0, 0.1) is 6.92 Å². The summed E-state index contributed by atoms with van der Waals surface area (Å²) in [7, 11) is -4.16. The first-order valence-corrected chi connectivity index (χ1v) is 15.4. The van der Waals surface area contributed by atoms with E-state index < -0.39 is 28.5 Å². The molecule has 214 valence electrons. The molecule has 0 aliphatic carbocycles. The molecule has 3 aromatic carbocycles. The first-order valence-electron chi connectivity index (χ1n) is 12.8. The van der Waals surface area contributed by atoms with Crippen molar-refractivity contribution in [1.82, 2.24) is 10.2 Å². The molecule has 40 heavy (non-hydrogen) atoms. The summed E-state index contributed by atoms with van der Waals surface area (Å²) in [6.45, 7) is 5.40. The average Bonchev–Trinajstić information content (AvgIpc) is 2.92. The smallest absolute Gasteiger partial charge is 0.264 e. The van der Waals surface area contributed by atoms with Crippen molar-refractivity contribution in [2.75, 3.05) is 17.4 Å². The SMILES string of the molecule is CCCCNC(=O)C(C)N(Cc1ccc(Cl)c(Cl)c1)C(=O)CN(c1ccc(Cl)cc1)S(=O)(=O)c1ccc(C)cc1. The molecule has 0 saturated heterocycles. The van der Waals surface area contributed by atoms with Gasteiger partial charge in [-0.3, -0.25) is 13.9 Å². The lowest BCUT2D eigenvalue weighted by atomic mass is 10.1. The lowest BCUT2D eigenvalue weighted by Gasteiger charge is -2.32. The van der Waals surface area contributed by atoms with Crippen LogP contribution >= 0.6 is 34.8 Å². The Balaban J connectivity index is 2.01. The first kappa shape index (κ1) is 31.7. The second-order valence-electron chi connectivity index (χ2n) is 9.39. The van der Waals surface area contributed by atoms with E-state index in [1.54, 1.807) is 49.4 Å². The molecule has 11 heteroatoms. The summed E-state index contributed by atoms with van der Waals surface area (Å²) in [5.74, 6) is -0.920. The topological polar surface area (TPSA) is 86.8 Å². The molecule has 3 aromatic rings. The molecule has 3 rings (SSSR count). The highest BCUT2D eigenvalue weighted by atomic mass is 35.5. The van der Waals surface area contributed by atoms with Gasteiger partial charge >= 0.3 is 0 Å². The van der Waals surface area contributed by atoms with Crippen LogP contribution < -0.4 is 9.62 Å². The average molecular weight is 625 g/mol. The Hall–Kier alpha value is -2.78. The zero-order valence-corrected chi connectivity index (χ0v) is 25.6. The van der Waals surface area contributed by atoms with Crippen LogP contribution in [0.5, 0.6) is 0 Å². The van der Waals surface area contributed by atoms with Gasteiger partial charge in [0.05, 0.1) is 20.6 Å². The minimum Gasteiger partial charge on any atom is -0.354 e. The highest BCUT2D eigenvalue weighted by molar-refractivity contribution is 7.92. The van der Waals surface area contributed by atoms with Gasteiger partial charge in [0.2, 0.25) is 11.8 Å². The standard InChI is InChI=1S/C29H32Cl3N3O4S/c1-4-5-16-33-29(37)21(3)34(18-22-8-15-26(31)27(32)17-22)28(36)19-35(24-11-9-23(30)10-12-24)40(38,39)25-13-6-20(2)7-14-25/h6-15,17,21H,4-5,16,18-19H2,1-3H3,(H,33,37). The van der Waals surface area contributed by atoms with Crippen LogP contribution in [0.2, 0.25) is 15.1 Å². The molecule has 0 radical (unpaired) electrons. The van der Waals surface area contributed by atoms with E-state index in [1.165, 1.54) is 29.2 Å². The van der Waals surface area contributed by atoms with Crippen molar-refractivity contribution in [2.45, 2.75) is 51.1 Å². The lowest BCUT2D eigenvalue weighted by Crippen LogP contribution is -2.51. The molecule has 7 nitrogen and oxygen atoms in total. The predicted molar refractivity (Wildman–Crippen MR) is 162 cm³/mol. The molecule has 1 N–H and O–H groups in total. The predicted octanol–water partition coefficient (Wildman–Crippen LogP) is 6.48. The number of amides is 2. The minimum absolute atomic E-state index is 0.0110. The maximum absolute atomic E-state index is 13.9. The van der Waals surface area contributed by atoms with Crippen LogP contribution in [0.3, 0.4) is 0 Å². The number of benzene rings is 3. The summed E-state index contributed by atoms with van der Waals surface area (Å²) in [5.41, 5.74) is 1.78. The number of hydrogen-bond acceptors (Lipinski definition) is 4. The number of carbonyl (C=O) groups is 2. The van der Waals surface area contributed by atoms with Gasteiger partial charge in [-0.05, 0) is 74.4 Å². The summed E-state index contributed by atoms with van der Waals surface area (Å²) < 4.78 is 28.7. The van der Waals surface area contributed by atoms with Crippen LogP contribution in [-0.4, -0.2) is 44.3 Å². The van der Waals surface area contributed by atoms with Crippen molar-refractivity contribution >= 4 is 62.3 Å². The molecular formula is C29H32Cl3N3O4S. The zero-order valence-electron chi connectivity index (χ0n) is 22.5. The summed E-state index contributed by atoms with van der Waals surface area (Å²) >= 11 is 18.3. The zero-order chi connectivity index (χ0) is 29.4. The van der Waals surface area contributed by atoms with Crippen molar-refractivity contribution in [3.8, 4) is 0 Å². The third-order valence-electron chi connectivity index (χ3n) is 6.34. The summed E-state index contributed by atoms with van der Waals surface area (Å²) in [6, 6.07) is 16.6. The minimum atomic E-state index is -4.16. The van der Waals surface area contributed by atoms with Crippen LogP contribution in [0.15, 0.2) is 71.6 Å². The maximum atomic E-state index is 13.9. The van der Waals surface area contributed by atoms with E-state index in [0.717, 1.165) is 22.7 Å². The Morgan fingerprint density at radius 1 is 0.925 bits per heavy atom. The van der Waals surface area contributed by atoms with E-state index in [0.29, 0.717) is 27.2 Å². The molecule has 0 spiro atoms. The Labute approximate surface area is 251 Å². The number of halogens is 3. The molecule has 1 unspecified atom stereocenters. The fourth-order valence-corrected chi connectivity index (χ4v) is 5.79. The number of sulfonamides is 1. The van der Waals surface area contributed by atoms with E-state index in [1.807, 2.05) is 13.8 Å². The lowest BCUT2D eigenvalue weighted by molar-refractivity contribution is -0.139. The second-order valence-corrected chi connectivity index (χ2v) is 12.5. The fourth-order valence-electron chi connectivity index (χ4n) is 3.93. The van der Waals surface area contributed by atoms with Gasteiger partial charge in [0.1, 0.15) is 12.6 Å². The van der Waals surface area contributed by atoms with Crippen LogP contribution in [0.25, 0.3) is 0 Å². The normalized spacial score (nSPS) is 12.1. The van der Waals surface area contributed by atoms with Crippen LogP contribution in [0.4, 0.5) is 5.69 Å². The Morgan fingerprint density at radius 2 is 1.57 bits per heavy atom. The van der Waals surface area contributed by atoms with Gasteiger partial charge < -0.3 is 10.2 Å².